The first-order valence-corrected chi connectivity index (χ1v) is 7.65. The van der Waals surface area contributed by atoms with E-state index in [-0.39, 0.29) is 4.75 Å². The number of carboxylic acid groups (broad SMARTS) is 2. The van der Waals surface area contributed by atoms with Crippen LogP contribution >= 0.6 is 11.8 Å². The highest BCUT2D eigenvalue weighted by atomic mass is 32.2. The Morgan fingerprint density at radius 1 is 1.25 bits per heavy atom. The molecule has 20 heavy (non-hydrogen) atoms. The topological polar surface area (TPSA) is 116 Å². The lowest BCUT2D eigenvalue weighted by Gasteiger charge is -2.27. The first kappa shape index (κ1) is 16.6. The second-order valence-corrected chi connectivity index (χ2v) is 6.18. The number of carbonyl (C=O) groups is 3. The zero-order valence-electron chi connectivity index (χ0n) is 11.3. The van der Waals surface area contributed by atoms with Gasteiger partial charge in [-0.1, -0.05) is 12.8 Å². The van der Waals surface area contributed by atoms with Gasteiger partial charge in [0.05, 0.1) is 6.42 Å². The first-order chi connectivity index (χ1) is 9.38. The number of carbonyl (C=O) groups excluding carboxylic acids is 1. The Labute approximate surface area is 121 Å². The maximum atomic E-state index is 11.7. The number of hydrogen-bond donors (Lipinski definition) is 4. The fourth-order valence-corrected chi connectivity index (χ4v) is 3.21. The highest BCUT2D eigenvalue weighted by Crippen LogP contribution is 2.39. The summed E-state index contributed by atoms with van der Waals surface area (Å²) >= 11 is 1.70. The normalized spacial score (nSPS) is 18.2. The van der Waals surface area contributed by atoms with Crippen LogP contribution in [0, 0.1) is 0 Å². The van der Waals surface area contributed by atoms with Crippen LogP contribution in [0.3, 0.4) is 0 Å². The van der Waals surface area contributed by atoms with Crippen LogP contribution in [0.25, 0.3) is 0 Å². The molecule has 0 unspecified atom stereocenters. The lowest BCUT2D eigenvalue weighted by atomic mass is 10.1. The molecule has 0 spiro atoms. The summed E-state index contributed by atoms with van der Waals surface area (Å²) in [6, 6.07) is -2.06. The van der Waals surface area contributed by atoms with E-state index in [1.54, 1.807) is 11.8 Å². The average molecular weight is 304 g/mol. The molecule has 1 fully saturated rings. The van der Waals surface area contributed by atoms with Gasteiger partial charge in [-0.05, 0) is 19.1 Å². The molecular weight excluding hydrogens is 284 g/mol. The van der Waals surface area contributed by atoms with E-state index >= 15 is 0 Å². The summed E-state index contributed by atoms with van der Waals surface area (Å²) in [7, 11) is 0. The second kappa shape index (κ2) is 7.37. The van der Waals surface area contributed by atoms with Gasteiger partial charge in [-0.3, -0.25) is 4.79 Å². The highest BCUT2D eigenvalue weighted by molar-refractivity contribution is 8.00. The molecule has 1 aliphatic rings. The standard InChI is InChI=1S/C12H20N2O5S/c1-20-12(4-2-3-5-12)7-13-11(19)14-8(10(17)18)6-9(15)16/h8H,2-7H2,1H3,(H,15,16)(H,17,18)(H2,13,14,19)/t8-/m0/s1. The zero-order valence-corrected chi connectivity index (χ0v) is 12.2. The Kier molecular flexibility index (Phi) is 6.12. The van der Waals surface area contributed by atoms with E-state index in [1.807, 2.05) is 6.26 Å². The van der Waals surface area contributed by atoms with E-state index in [0.29, 0.717) is 6.54 Å². The van der Waals surface area contributed by atoms with Crippen molar-refractivity contribution in [2.75, 3.05) is 12.8 Å². The van der Waals surface area contributed by atoms with Gasteiger partial charge in [0, 0.05) is 11.3 Å². The average Bonchev–Trinajstić information content (AvgIpc) is 2.84. The van der Waals surface area contributed by atoms with Gasteiger partial charge in [0.1, 0.15) is 6.04 Å². The Morgan fingerprint density at radius 3 is 2.30 bits per heavy atom. The molecule has 1 aliphatic carbocycles. The molecule has 0 aromatic heterocycles. The van der Waals surface area contributed by atoms with E-state index in [4.69, 9.17) is 10.2 Å². The van der Waals surface area contributed by atoms with Crippen molar-refractivity contribution < 1.29 is 24.6 Å². The van der Waals surface area contributed by atoms with Crippen molar-refractivity contribution in [2.45, 2.75) is 42.9 Å². The molecule has 0 heterocycles. The minimum atomic E-state index is -1.42. The van der Waals surface area contributed by atoms with Crippen LogP contribution in [0.5, 0.6) is 0 Å². The van der Waals surface area contributed by atoms with Crippen molar-refractivity contribution in [3.05, 3.63) is 0 Å². The summed E-state index contributed by atoms with van der Waals surface area (Å²) in [4.78, 5) is 33.0. The van der Waals surface area contributed by atoms with Crippen LogP contribution in [0.4, 0.5) is 4.79 Å². The number of thioether (sulfide) groups is 1. The third-order valence-corrected chi connectivity index (χ3v) is 4.92. The molecule has 4 N–H and O–H groups in total. The monoisotopic (exact) mass is 304 g/mol. The molecule has 1 saturated carbocycles. The molecule has 0 aromatic rings. The Bertz CT molecular complexity index is 382. The van der Waals surface area contributed by atoms with Crippen molar-refractivity contribution in [1.29, 1.82) is 0 Å². The van der Waals surface area contributed by atoms with Gasteiger partial charge in [0.2, 0.25) is 0 Å². The van der Waals surface area contributed by atoms with Crippen LogP contribution in [0.1, 0.15) is 32.1 Å². The van der Waals surface area contributed by atoms with Crippen molar-refractivity contribution in [1.82, 2.24) is 10.6 Å². The maximum Gasteiger partial charge on any atom is 0.326 e. The summed E-state index contributed by atoms with van der Waals surface area (Å²) in [6.45, 7) is 0.458. The lowest BCUT2D eigenvalue weighted by molar-refractivity contribution is -0.145. The predicted molar refractivity (Wildman–Crippen MR) is 74.9 cm³/mol. The number of aliphatic carboxylic acids is 2. The van der Waals surface area contributed by atoms with Crippen molar-refractivity contribution in [2.24, 2.45) is 0 Å². The summed E-state index contributed by atoms with van der Waals surface area (Å²) in [6.07, 6.45) is 5.64. The summed E-state index contributed by atoms with van der Waals surface area (Å²) < 4.78 is 0.0167. The number of amides is 2. The quantitative estimate of drug-likeness (QED) is 0.555. The number of hydrogen-bond acceptors (Lipinski definition) is 4. The van der Waals surface area contributed by atoms with Crippen LogP contribution in [-0.2, 0) is 9.59 Å². The Balaban J connectivity index is 2.45. The maximum absolute atomic E-state index is 11.7. The van der Waals surface area contributed by atoms with Gasteiger partial charge in [0.15, 0.2) is 0 Å². The van der Waals surface area contributed by atoms with E-state index in [2.05, 4.69) is 10.6 Å². The van der Waals surface area contributed by atoms with Gasteiger partial charge in [0.25, 0.3) is 0 Å². The van der Waals surface area contributed by atoms with Crippen LogP contribution in [-0.4, -0.2) is 51.8 Å². The second-order valence-electron chi connectivity index (χ2n) is 4.91. The first-order valence-electron chi connectivity index (χ1n) is 6.43. The van der Waals surface area contributed by atoms with Gasteiger partial charge in [-0.2, -0.15) is 11.8 Å². The molecule has 0 aromatic carbocycles. The molecule has 0 saturated heterocycles. The molecule has 7 nitrogen and oxygen atoms in total. The number of nitrogens with one attached hydrogen (secondary N) is 2. The Hall–Kier alpha value is -1.44. The highest BCUT2D eigenvalue weighted by Gasteiger charge is 2.33. The van der Waals surface area contributed by atoms with Crippen LogP contribution in [0.15, 0.2) is 0 Å². The minimum absolute atomic E-state index is 0.0167. The van der Waals surface area contributed by atoms with Crippen molar-refractivity contribution in [3.8, 4) is 0 Å². The molecule has 8 heteroatoms. The molecule has 1 atom stereocenters. The van der Waals surface area contributed by atoms with Gasteiger partial charge in [-0.25, -0.2) is 9.59 Å². The number of urea groups is 1. The Morgan fingerprint density at radius 2 is 1.85 bits per heavy atom. The summed E-state index contributed by atoms with van der Waals surface area (Å²) in [5, 5.41) is 22.2. The predicted octanol–water partition coefficient (Wildman–Crippen LogP) is 0.889. The molecule has 1 rings (SSSR count). The van der Waals surface area contributed by atoms with E-state index in [1.165, 1.54) is 0 Å². The zero-order chi connectivity index (χ0) is 15.2. The van der Waals surface area contributed by atoms with Crippen molar-refractivity contribution in [3.63, 3.8) is 0 Å². The van der Waals surface area contributed by atoms with Gasteiger partial charge < -0.3 is 20.8 Å². The molecule has 114 valence electrons. The molecule has 0 bridgehead atoms. The van der Waals surface area contributed by atoms with Crippen molar-refractivity contribution >= 4 is 29.7 Å². The molecule has 0 aliphatic heterocycles. The fourth-order valence-electron chi connectivity index (χ4n) is 2.30. The van der Waals surface area contributed by atoms with Crippen LogP contribution in [0.2, 0.25) is 0 Å². The number of rotatable bonds is 7. The van der Waals surface area contributed by atoms with E-state index in [0.717, 1.165) is 25.7 Å². The smallest absolute Gasteiger partial charge is 0.326 e. The third-order valence-electron chi connectivity index (χ3n) is 3.50. The molecule has 2 amide bonds. The van der Waals surface area contributed by atoms with Gasteiger partial charge >= 0.3 is 18.0 Å². The minimum Gasteiger partial charge on any atom is -0.481 e. The van der Waals surface area contributed by atoms with Crippen LogP contribution < -0.4 is 10.6 Å². The fraction of sp³-hybridized carbons (Fsp3) is 0.750. The summed E-state index contributed by atoms with van der Waals surface area (Å²) in [5.74, 6) is -2.63. The van der Waals surface area contributed by atoms with E-state index < -0.39 is 30.4 Å². The molecule has 0 radical (unpaired) electrons. The largest absolute Gasteiger partial charge is 0.481 e. The SMILES string of the molecule is CSC1(CNC(=O)N[C@@H](CC(=O)O)C(=O)O)CCCC1. The molecular formula is C12H20N2O5S. The lowest BCUT2D eigenvalue weighted by Crippen LogP contribution is -2.49. The van der Waals surface area contributed by atoms with E-state index in [9.17, 15) is 14.4 Å². The third kappa shape index (κ3) is 4.92. The van der Waals surface area contributed by atoms with Gasteiger partial charge in [-0.15, -0.1) is 0 Å². The number of carboxylic acids is 2. The summed E-state index contributed by atoms with van der Waals surface area (Å²) in [5.41, 5.74) is 0.